The number of amides is 1. The molecular weight excluding hydrogens is 391 g/mol. The zero-order valence-corrected chi connectivity index (χ0v) is 15.5. The third-order valence-corrected chi connectivity index (χ3v) is 5.02. The molecule has 0 bridgehead atoms. The molecule has 0 aromatic carbocycles. The molecular formula is C18H22F3N5O3. The highest BCUT2D eigenvalue weighted by Gasteiger charge is 2.35. The maximum absolute atomic E-state index is 12.9. The van der Waals surface area contributed by atoms with Gasteiger partial charge in [0, 0.05) is 6.20 Å². The molecule has 0 spiro atoms. The van der Waals surface area contributed by atoms with Crippen LogP contribution in [0, 0.1) is 5.92 Å². The molecule has 0 saturated heterocycles. The highest BCUT2D eigenvalue weighted by atomic mass is 19.4. The molecule has 0 radical (unpaired) electrons. The van der Waals surface area contributed by atoms with Crippen molar-refractivity contribution in [2.24, 2.45) is 5.92 Å². The minimum atomic E-state index is -4.59. The van der Waals surface area contributed by atoms with Crippen molar-refractivity contribution in [3.05, 3.63) is 36.3 Å². The predicted octanol–water partition coefficient (Wildman–Crippen LogP) is 2.48. The van der Waals surface area contributed by atoms with E-state index in [1.54, 1.807) is 0 Å². The first-order chi connectivity index (χ1) is 13.8. The van der Waals surface area contributed by atoms with E-state index in [1.165, 1.54) is 17.0 Å². The second-order valence-corrected chi connectivity index (χ2v) is 7.12. The molecule has 1 amide bonds. The van der Waals surface area contributed by atoms with Gasteiger partial charge in [-0.1, -0.05) is 25.7 Å². The van der Waals surface area contributed by atoms with Crippen molar-refractivity contribution in [1.82, 2.24) is 19.5 Å². The zero-order chi connectivity index (χ0) is 21.0. The number of imidazole rings is 1. The molecule has 0 aliphatic heterocycles. The van der Waals surface area contributed by atoms with Crippen molar-refractivity contribution < 1.29 is 28.2 Å². The van der Waals surface area contributed by atoms with Crippen molar-refractivity contribution >= 4 is 11.7 Å². The number of halogens is 3. The standard InChI is InChI=1S/C18H22F3N5O3/c19-18(20,21)15-8-26(10-24-15)13(5-11-3-1-2-4-11)17(29)25-16-7-22-12(6-23-16)14(28)9-27/h6-8,10-11,13-14,27-28H,1-5,9H2,(H,23,25,29). The Morgan fingerprint density at radius 1 is 1.24 bits per heavy atom. The number of anilines is 1. The van der Waals surface area contributed by atoms with Crippen LogP contribution in [0.4, 0.5) is 19.0 Å². The van der Waals surface area contributed by atoms with Gasteiger partial charge in [-0.2, -0.15) is 13.2 Å². The average Bonchev–Trinajstić information content (AvgIpc) is 3.37. The van der Waals surface area contributed by atoms with Crippen LogP contribution >= 0.6 is 0 Å². The number of aliphatic hydroxyl groups excluding tert-OH is 2. The first-order valence-corrected chi connectivity index (χ1v) is 9.30. The van der Waals surface area contributed by atoms with E-state index in [1.807, 2.05) is 0 Å². The molecule has 11 heteroatoms. The number of hydrogen-bond donors (Lipinski definition) is 3. The fourth-order valence-electron chi connectivity index (χ4n) is 3.46. The smallest absolute Gasteiger partial charge is 0.393 e. The number of carbonyl (C=O) groups excluding carboxylic acids is 1. The van der Waals surface area contributed by atoms with Crippen LogP contribution in [0.5, 0.6) is 0 Å². The van der Waals surface area contributed by atoms with Crippen molar-refractivity contribution in [2.75, 3.05) is 11.9 Å². The molecule has 29 heavy (non-hydrogen) atoms. The lowest BCUT2D eigenvalue weighted by molar-refractivity contribution is -0.141. The van der Waals surface area contributed by atoms with E-state index in [2.05, 4.69) is 20.3 Å². The van der Waals surface area contributed by atoms with Crippen LogP contribution in [0.2, 0.25) is 0 Å². The van der Waals surface area contributed by atoms with Crippen molar-refractivity contribution in [2.45, 2.75) is 50.4 Å². The fourth-order valence-corrected chi connectivity index (χ4v) is 3.46. The highest BCUT2D eigenvalue weighted by Crippen LogP contribution is 2.34. The van der Waals surface area contributed by atoms with Gasteiger partial charge in [0.15, 0.2) is 11.5 Å². The molecule has 2 heterocycles. The van der Waals surface area contributed by atoms with E-state index in [0.717, 1.165) is 38.2 Å². The minimum Gasteiger partial charge on any atom is -0.393 e. The summed E-state index contributed by atoms with van der Waals surface area (Å²) in [5, 5.41) is 21.0. The van der Waals surface area contributed by atoms with Gasteiger partial charge in [0.1, 0.15) is 12.1 Å². The van der Waals surface area contributed by atoms with Crippen molar-refractivity contribution in [3.8, 4) is 0 Å². The Hall–Kier alpha value is -2.53. The van der Waals surface area contributed by atoms with E-state index in [-0.39, 0.29) is 17.4 Å². The molecule has 2 atom stereocenters. The molecule has 8 nitrogen and oxygen atoms in total. The molecule has 2 aromatic heterocycles. The molecule has 1 aliphatic rings. The molecule has 3 rings (SSSR count). The monoisotopic (exact) mass is 413 g/mol. The number of nitrogens with zero attached hydrogens (tertiary/aromatic N) is 4. The molecule has 3 N–H and O–H groups in total. The van der Waals surface area contributed by atoms with Crippen LogP contribution in [0.3, 0.4) is 0 Å². The third-order valence-electron chi connectivity index (χ3n) is 5.02. The lowest BCUT2D eigenvalue weighted by Gasteiger charge is -2.21. The van der Waals surface area contributed by atoms with Crippen LogP contribution in [-0.4, -0.2) is 42.2 Å². The summed E-state index contributed by atoms with van der Waals surface area (Å²) in [4.78, 5) is 24.1. The van der Waals surface area contributed by atoms with Crippen LogP contribution in [0.1, 0.15) is 55.6 Å². The normalized spacial score (nSPS) is 17.3. The maximum Gasteiger partial charge on any atom is 0.434 e. The summed E-state index contributed by atoms with van der Waals surface area (Å²) in [6.45, 7) is -0.522. The number of carbonyl (C=O) groups is 1. The number of nitrogens with one attached hydrogen (secondary N) is 1. The van der Waals surface area contributed by atoms with Crippen LogP contribution in [-0.2, 0) is 11.0 Å². The number of alkyl halides is 3. The van der Waals surface area contributed by atoms with Gasteiger partial charge in [-0.3, -0.25) is 9.78 Å². The SMILES string of the molecule is O=C(Nc1cnc(C(O)CO)cn1)C(CC1CCCC1)n1cnc(C(F)(F)F)c1. The molecule has 1 fully saturated rings. The van der Waals surface area contributed by atoms with Gasteiger partial charge in [0.05, 0.1) is 31.0 Å². The Morgan fingerprint density at radius 3 is 2.52 bits per heavy atom. The van der Waals surface area contributed by atoms with Crippen molar-refractivity contribution in [3.63, 3.8) is 0 Å². The predicted molar refractivity (Wildman–Crippen MR) is 95.5 cm³/mol. The summed E-state index contributed by atoms with van der Waals surface area (Å²) in [5.74, 6) is -0.181. The summed E-state index contributed by atoms with van der Waals surface area (Å²) in [6.07, 6.45) is 2.84. The van der Waals surface area contributed by atoms with Gasteiger partial charge in [-0.25, -0.2) is 9.97 Å². The Bertz CT molecular complexity index is 819. The Balaban J connectivity index is 1.77. The van der Waals surface area contributed by atoms with Gasteiger partial charge in [0.25, 0.3) is 0 Å². The van der Waals surface area contributed by atoms with Crippen LogP contribution < -0.4 is 5.32 Å². The molecule has 2 aromatic rings. The van der Waals surface area contributed by atoms with Gasteiger partial charge < -0.3 is 20.1 Å². The average molecular weight is 413 g/mol. The van der Waals surface area contributed by atoms with E-state index < -0.39 is 36.5 Å². The minimum absolute atomic E-state index is 0.0940. The summed E-state index contributed by atoms with van der Waals surface area (Å²) in [5.41, 5.74) is -0.915. The Morgan fingerprint density at radius 2 is 1.97 bits per heavy atom. The van der Waals surface area contributed by atoms with E-state index in [0.29, 0.717) is 6.42 Å². The van der Waals surface area contributed by atoms with Crippen LogP contribution in [0.25, 0.3) is 0 Å². The lowest BCUT2D eigenvalue weighted by Crippen LogP contribution is -2.27. The highest BCUT2D eigenvalue weighted by molar-refractivity contribution is 5.92. The molecule has 1 aliphatic carbocycles. The van der Waals surface area contributed by atoms with Gasteiger partial charge >= 0.3 is 6.18 Å². The third kappa shape index (κ3) is 5.30. The molecule has 2 unspecified atom stereocenters. The number of aliphatic hydroxyl groups is 2. The van der Waals surface area contributed by atoms with Crippen LogP contribution in [0.15, 0.2) is 24.9 Å². The number of aromatic nitrogens is 4. The Labute approximate surface area is 164 Å². The lowest BCUT2D eigenvalue weighted by atomic mass is 9.97. The Kier molecular flexibility index (Phi) is 6.48. The first kappa shape index (κ1) is 21.2. The maximum atomic E-state index is 12.9. The van der Waals surface area contributed by atoms with E-state index >= 15 is 0 Å². The first-order valence-electron chi connectivity index (χ1n) is 9.30. The summed E-state index contributed by atoms with van der Waals surface area (Å²) >= 11 is 0. The van der Waals surface area contributed by atoms with Gasteiger partial charge in [-0.05, 0) is 12.3 Å². The number of rotatable bonds is 7. The van der Waals surface area contributed by atoms with Crippen molar-refractivity contribution in [1.29, 1.82) is 0 Å². The largest absolute Gasteiger partial charge is 0.434 e. The zero-order valence-electron chi connectivity index (χ0n) is 15.5. The fraction of sp³-hybridized carbons (Fsp3) is 0.556. The van der Waals surface area contributed by atoms with Gasteiger partial charge in [0.2, 0.25) is 5.91 Å². The quantitative estimate of drug-likeness (QED) is 0.643. The summed E-state index contributed by atoms with van der Waals surface area (Å²) < 4.78 is 39.9. The topological polar surface area (TPSA) is 113 Å². The van der Waals surface area contributed by atoms with E-state index in [4.69, 9.17) is 5.11 Å². The summed E-state index contributed by atoms with van der Waals surface area (Å²) in [7, 11) is 0. The molecule has 158 valence electrons. The van der Waals surface area contributed by atoms with E-state index in [9.17, 15) is 23.1 Å². The summed E-state index contributed by atoms with van der Waals surface area (Å²) in [6, 6.07) is -0.869. The molecule has 1 saturated carbocycles. The number of hydrogen-bond acceptors (Lipinski definition) is 6. The van der Waals surface area contributed by atoms with Gasteiger partial charge in [-0.15, -0.1) is 0 Å². The second kappa shape index (κ2) is 8.87. The second-order valence-electron chi connectivity index (χ2n) is 7.12.